The van der Waals surface area contributed by atoms with Crippen molar-refractivity contribution in [1.82, 2.24) is 0 Å². The minimum absolute atomic E-state index is 0.672. The first kappa shape index (κ1) is 10.9. The highest BCUT2D eigenvalue weighted by Gasteiger charge is 1.94. The van der Waals surface area contributed by atoms with Gasteiger partial charge in [-0.25, -0.2) is 0 Å². The minimum Gasteiger partial charge on any atom is -0.255 e. The van der Waals surface area contributed by atoms with Gasteiger partial charge < -0.3 is 0 Å². The molecule has 16 heavy (non-hydrogen) atoms. The molecule has 0 aliphatic carbocycles. The van der Waals surface area contributed by atoms with E-state index in [2.05, 4.69) is 24.0 Å². The van der Waals surface area contributed by atoms with E-state index in [4.69, 9.17) is 11.6 Å². The van der Waals surface area contributed by atoms with Crippen molar-refractivity contribution in [3.05, 3.63) is 64.7 Å². The second-order valence-corrected chi connectivity index (χ2v) is 4.03. The first-order chi connectivity index (χ1) is 7.75. The number of para-hydroxylation sites is 1. The zero-order chi connectivity index (χ0) is 11.4. The van der Waals surface area contributed by atoms with E-state index in [1.54, 1.807) is 0 Å². The van der Waals surface area contributed by atoms with Crippen LogP contribution in [0, 0.1) is 6.92 Å². The predicted octanol–water partition coefficient (Wildman–Crippen LogP) is 4.40. The molecule has 0 saturated carbocycles. The second-order valence-electron chi connectivity index (χ2n) is 3.62. The number of aryl methyl sites for hydroxylation is 1. The van der Waals surface area contributed by atoms with Crippen molar-refractivity contribution in [3.8, 4) is 0 Å². The van der Waals surface area contributed by atoms with Crippen LogP contribution in [0.2, 0.25) is 5.02 Å². The third kappa shape index (κ3) is 2.71. The van der Waals surface area contributed by atoms with Crippen LogP contribution in [0.4, 0.5) is 5.69 Å². The lowest BCUT2D eigenvalue weighted by Crippen LogP contribution is -1.80. The van der Waals surface area contributed by atoms with Crippen molar-refractivity contribution in [1.29, 1.82) is 0 Å². The maximum Gasteiger partial charge on any atom is 0.0816 e. The Labute approximate surface area is 100 Å². The molecule has 0 fully saturated rings. The molecule has 2 aromatic rings. The summed E-state index contributed by atoms with van der Waals surface area (Å²) in [6, 6.07) is 15.8. The molecule has 0 unspecified atom stereocenters. The lowest BCUT2D eigenvalue weighted by atomic mass is 10.2. The summed E-state index contributed by atoms with van der Waals surface area (Å²) in [7, 11) is 0. The zero-order valence-electron chi connectivity index (χ0n) is 9.02. The predicted molar refractivity (Wildman–Crippen MR) is 69.9 cm³/mol. The average Bonchev–Trinajstić information content (AvgIpc) is 2.30. The van der Waals surface area contributed by atoms with Crippen LogP contribution >= 0.6 is 11.6 Å². The fraction of sp³-hybridized carbons (Fsp3) is 0.0714. The molecule has 0 atom stereocenters. The Balaban J connectivity index is 2.21. The smallest absolute Gasteiger partial charge is 0.0816 e. The number of nitrogens with zero attached hydrogens (tertiary/aromatic N) is 1. The molecule has 0 radical (unpaired) electrons. The number of hydrogen-bond donors (Lipinski definition) is 0. The van der Waals surface area contributed by atoms with Crippen LogP contribution in [0.1, 0.15) is 11.1 Å². The molecule has 0 saturated heterocycles. The second kappa shape index (κ2) is 4.95. The first-order valence-corrected chi connectivity index (χ1v) is 5.49. The van der Waals surface area contributed by atoms with Gasteiger partial charge in [-0.3, -0.25) is 4.99 Å². The highest BCUT2D eigenvalue weighted by molar-refractivity contribution is 6.33. The summed E-state index contributed by atoms with van der Waals surface area (Å²) in [6.07, 6.45) is 1.82. The number of benzene rings is 2. The van der Waals surface area contributed by atoms with Crippen molar-refractivity contribution in [2.24, 2.45) is 4.99 Å². The Morgan fingerprint density at radius 3 is 2.38 bits per heavy atom. The molecule has 0 spiro atoms. The van der Waals surface area contributed by atoms with Crippen LogP contribution < -0.4 is 0 Å². The van der Waals surface area contributed by atoms with Crippen LogP contribution in [0.25, 0.3) is 0 Å². The van der Waals surface area contributed by atoms with Gasteiger partial charge in [-0.05, 0) is 24.6 Å². The molecule has 0 aliphatic heterocycles. The summed E-state index contributed by atoms with van der Waals surface area (Å²) >= 11 is 6.00. The van der Waals surface area contributed by atoms with Gasteiger partial charge in [-0.1, -0.05) is 53.6 Å². The lowest BCUT2D eigenvalue weighted by Gasteiger charge is -1.97. The lowest BCUT2D eigenvalue weighted by molar-refractivity contribution is 1.46. The molecule has 0 heterocycles. The van der Waals surface area contributed by atoms with Crippen molar-refractivity contribution in [2.75, 3.05) is 0 Å². The molecular formula is C14H12ClN. The fourth-order valence-electron chi connectivity index (χ4n) is 1.35. The molecule has 1 nitrogen and oxygen atoms in total. The molecule has 2 rings (SSSR count). The van der Waals surface area contributed by atoms with E-state index in [0.29, 0.717) is 5.02 Å². The summed E-state index contributed by atoms with van der Waals surface area (Å²) in [5, 5.41) is 0.672. The first-order valence-electron chi connectivity index (χ1n) is 5.11. The molecule has 0 aliphatic rings. The molecule has 0 N–H and O–H groups in total. The van der Waals surface area contributed by atoms with Crippen molar-refractivity contribution < 1.29 is 0 Å². The fourth-order valence-corrected chi connectivity index (χ4v) is 1.54. The van der Waals surface area contributed by atoms with Crippen LogP contribution in [-0.2, 0) is 0 Å². The maximum atomic E-state index is 6.00. The Hall–Kier alpha value is -1.60. The van der Waals surface area contributed by atoms with Crippen molar-refractivity contribution in [3.63, 3.8) is 0 Å². The van der Waals surface area contributed by atoms with Gasteiger partial charge in [0.15, 0.2) is 0 Å². The minimum atomic E-state index is 0.672. The van der Waals surface area contributed by atoms with Gasteiger partial charge in [0, 0.05) is 6.21 Å². The van der Waals surface area contributed by atoms with E-state index in [1.165, 1.54) is 5.56 Å². The van der Waals surface area contributed by atoms with Gasteiger partial charge in [-0.15, -0.1) is 0 Å². The Morgan fingerprint density at radius 2 is 1.69 bits per heavy atom. The van der Waals surface area contributed by atoms with E-state index in [1.807, 2.05) is 42.6 Å². The van der Waals surface area contributed by atoms with Gasteiger partial charge in [0.05, 0.1) is 10.7 Å². The highest BCUT2D eigenvalue weighted by Crippen LogP contribution is 2.23. The third-order valence-corrected chi connectivity index (χ3v) is 2.60. The van der Waals surface area contributed by atoms with E-state index >= 15 is 0 Å². The number of hydrogen-bond acceptors (Lipinski definition) is 1. The van der Waals surface area contributed by atoms with Gasteiger partial charge in [0.25, 0.3) is 0 Å². The number of halogens is 1. The topological polar surface area (TPSA) is 12.4 Å². The summed E-state index contributed by atoms with van der Waals surface area (Å²) in [5.74, 6) is 0. The third-order valence-electron chi connectivity index (χ3n) is 2.28. The molecule has 0 bridgehead atoms. The monoisotopic (exact) mass is 229 g/mol. The Morgan fingerprint density at radius 1 is 1.00 bits per heavy atom. The molecule has 2 aromatic carbocycles. The summed E-state index contributed by atoms with van der Waals surface area (Å²) in [5.41, 5.74) is 3.12. The highest BCUT2D eigenvalue weighted by atomic mass is 35.5. The van der Waals surface area contributed by atoms with E-state index in [0.717, 1.165) is 11.3 Å². The Bertz CT molecular complexity index is 500. The quantitative estimate of drug-likeness (QED) is 0.677. The molecule has 80 valence electrons. The van der Waals surface area contributed by atoms with Gasteiger partial charge in [0.1, 0.15) is 0 Å². The van der Waals surface area contributed by atoms with Gasteiger partial charge in [0.2, 0.25) is 0 Å². The summed E-state index contributed by atoms with van der Waals surface area (Å²) in [4.78, 5) is 4.35. The van der Waals surface area contributed by atoms with Gasteiger partial charge >= 0.3 is 0 Å². The summed E-state index contributed by atoms with van der Waals surface area (Å²) < 4.78 is 0. The maximum absolute atomic E-state index is 6.00. The standard InChI is InChI=1S/C14H12ClN/c1-11-6-8-12(9-7-11)10-16-14-5-3-2-4-13(14)15/h2-10H,1H3. The molecule has 0 aromatic heterocycles. The van der Waals surface area contributed by atoms with Crippen molar-refractivity contribution >= 4 is 23.5 Å². The Kier molecular flexibility index (Phi) is 3.37. The zero-order valence-corrected chi connectivity index (χ0v) is 9.78. The van der Waals surface area contributed by atoms with Crippen molar-refractivity contribution in [2.45, 2.75) is 6.92 Å². The number of aliphatic imine (C=N–C) groups is 1. The van der Waals surface area contributed by atoms with Crippen LogP contribution in [-0.4, -0.2) is 6.21 Å². The molecule has 2 heteroatoms. The average molecular weight is 230 g/mol. The van der Waals surface area contributed by atoms with Crippen LogP contribution in [0.15, 0.2) is 53.5 Å². The van der Waals surface area contributed by atoms with E-state index < -0.39 is 0 Å². The summed E-state index contributed by atoms with van der Waals surface area (Å²) in [6.45, 7) is 2.06. The van der Waals surface area contributed by atoms with Crippen LogP contribution in [0.5, 0.6) is 0 Å². The van der Waals surface area contributed by atoms with E-state index in [-0.39, 0.29) is 0 Å². The SMILES string of the molecule is Cc1ccc(C=Nc2ccccc2Cl)cc1. The molecule has 0 amide bonds. The largest absolute Gasteiger partial charge is 0.255 e. The van der Waals surface area contributed by atoms with Gasteiger partial charge in [-0.2, -0.15) is 0 Å². The van der Waals surface area contributed by atoms with Crippen LogP contribution in [0.3, 0.4) is 0 Å². The normalized spacial score (nSPS) is 10.9. The van der Waals surface area contributed by atoms with E-state index in [9.17, 15) is 0 Å². The number of rotatable bonds is 2. The molecular weight excluding hydrogens is 218 g/mol.